The molecule has 2 aromatic heterocycles. The van der Waals surface area contributed by atoms with E-state index in [4.69, 9.17) is 21.7 Å². The smallest absolute Gasteiger partial charge is 0.231 e. The summed E-state index contributed by atoms with van der Waals surface area (Å²) in [6, 6.07) is 14.7. The van der Waals surface area contributed by atoms with Crippen molar-refractivity contribution in [3.8, 4) is 17.2 Å². The fraction of sp³-hybridized carbons (Fsp3) is 0.333. The van der Waals surface area contributed by atoms with Crippen LogP contribution in [0.2, 0.25) is 0 Å². The molecule has 7 heteroatoms. The summed E-state index contributed by atoms with van der Waals surface area (Å²) >= 11 is 5.75. The molecule has 6 nitrogen and oxygen atoms in total. The lowest BCUT2D eigenvalue weighted by atomic mass is 9.96. The van der Waals surface area contributed by atoms with Crippen LogP contribution in [0.25, 0.3) is 5.69 Å². The van der Waals surface area contributed by atoms with Gasteiger partial charge in [0.05, 0.1) is 17.8 Å². The third kappa shape index (κ3) is 3.24. The van der Waals surface area contributed by atoms with Crippen LogP contribution in [-0.4, -0.2) is 32.4 Å². The number of nitrogens with zero attached hydrogens (tertiary/aromatic N) is 3. The van der Waals surface area contributed by atoms with Crippen molar-refractivity contribution in [1.29, 1.82) is 0 Å². The van der Waals surface area contributed by atoms with E-state index < -0.39 is 0 Å². The highest BCUT2D eigenvalue weighted by Crippen LogP contribution is 2.43. The Labute approximate surface area is 187 Å². The molecular weight excluding hydrogens is 408 g/mol. The summed E-state index contributed by atoms with van der Waals surface area (Å²) in [7, 11) is 0. The van der Waals surface area contributed by atoms with Crippen LogP contribution >= 0.6 is 12.2 Å². The third-order valence-corrected chi connectivity index (χ3v) is 6.42. The number of ether oxygens (including phenoxy) is 2. The first-order valence-corrected chi connectivity index (χ1v) is 10.9. The Bertz CT molecular complexity index is 1140. The van der Waals surface area contributed by atoms with Gasteiger partial charge >= 0.3 is 0 Å². The molecule has 1 fully saturated rings. The van der Waals surface area contributed by atoms with Crippen LogP contribution in [0.1, 0.15) is 48.6 Å². The van der Waals surface area contributed by atoms with E-state index in [1.54, 1.807) is 0 Å². The molecule has 2 atom stereocenters. The van der Waals surface area contributed by atoms with E-state index in [-0.39, 0.29) is 24.9 Å². The number of aryl methyl sites for hydroxylation is 1. The first kappa shape index (κ1) is 19.9. The van der Waals surface area contributed by atoms with Crippen molar-refractivity contribution < 1.29 is 9.47 Å². The van der Waals surface area contributed by atoms with Gasteiger partial charge in [0, 0.05) is 35.4 Å². The molecule has 0 unspecified atom stereocenters. The van der Waals surface area contributed by atoms with Gasteiger partial charge in [-0.15, -0.1) is 0 Å². The molecule has 0 amide bonds. The highest BCUT2D eigenvalue weighted by atomic mass is 32.1. The second-order valence-corrected chi connectivity index (χ2v) is 8.71. The molecule has 2 aliphatic heterocycles. The molecule has 1 N–H and O–H groups in total. The van der Waals surface area contributed by atoms with Crippen molar-refractivity contribution in [2.45, 2.75) is 45.8 Å². The summed E-state index contributed by atoms with van der Waals surface area (Å²) in [5.41, 5.74) is 5.63. The lowest BCUT2D eigenvalue weighted by molar-refractivity contribution is 0.174. The second-order valence-electron chi connectivity index (χ2n) is 8.33. The van der Waals surface area contributed by atoms with E-state index in [1.165, 1.54) is 11.3 Å². The van der Waals surface area contributed by atoms with Crippen LogP contribution in [-0.2, 0) is 0 Å². The number of hydrogen-bond acceptors (Lipinski definition) is 4. The summed E-state index contributed by atoms with van der Waals surface area (Å²) in [4.78, 5) is 6.93. The van der Waals surface area contributed by atoms with Gasteiger partial charge in [-0.3, -0.25) is 4.98 Å². The van der Waals surface area contributed by atoms with Crippen LogP contribution in [0.5, 0.6) is 11.5 Å². The van der Waals surface area contributed by atoms with Crippen molar-refractivity contribution in [2.75, 3.05) is 6.79 Å². The molecule has 4 heterocycles. The molecule has 2 aliphatic rings. The van der Waals surface area contributed by atoms with E-state index in [0.717, 1.165) is 33.7 Å². The molecule has 31 heavy (non-hydrogen) atoms. The predicted octanol–water partition coefficient (Wildman–Crippen LogP) is 4.60. The number of fused-ring (bicyclic) bond motifs is 1. The summed E-state index contributed by atoms with van der Waals surface area (Å²) < 4.78 is 13.4. The number of rotatable bonds is 4. The lowest BCUT2D eigenvalue weighted by Gasteiger charge is -2.31. The topological polar surface area (TPSA) is 51.6 Å². The largest absolute Gasteiger partial charge is 0.454 e. The van der Waals surface area contributed by atoms with Gasteiger partial charge in [-0.05, 0) is 75.8 Å². The zero-order chi connectivity index (χ0) is 21.7. The maximum absolute atomic E-state index is 5.75. The number of nitrogens with one attached hydrogen (secondary N) is 1. The van der Waals surface area contributed by atoms with Gasteiger partial charge in [-0.25, -0.2) is 0 Å². The fourth-order valence-electron chi connectivity index (χ4n) is 4.76. The molecular formula is C24H26N4O2S. The Kier molecular flexibility index (Phi) is 4.85. The normalized spacial score (nSPS) is 19.9. The Morgan fingerprint density at radius 3 is 2.65 bits per heavy atom. The van der Waals surface area contributed by atoms with E-state index in [2.05, 4.69) is 65.7 Å². The Morgan fingerprint density at radius 1 is 1.10 bits per heavy atom. The van der Waals surface area contributed by atoms with Crippen LogP contribution in [0.15, 0.2) is 48.7 Å². The van der Waals surface area contributed by atoms with Crippen molar-refractivity contribution in [1.82, 2.24) is 19.8 Å². The summed E-state index contributed by atoms with van der Waals surface area (Å²) in [6.45, 7) is 8.94. The first-order valence-electron chi connectivity index (χ1n) is 10.5. The number of thiocarbonyl (C=S) groups is 1. The van der Waals surface area contributed by atoms with Gasteiger partial charge in [0.25, 0.3) is 0 Å². The summed E-state index contributed by atoms with van der Waals surface area (Å²) in [5, 5.41) is 4.30. The average molecular weight is 435 g/mol. The SMILES string of the molecule is Cc1cc([C@H]2[C@@H](c3ccccn3)NC(=S)N2C(C)C)c(C)n1-c1ccc2c(c1)OCO2. The molecule has 0 aliphatic carbocycles. The zero-order valence-corrected chi connectivity index (χ0v) is 18.9. The van der Waals surface area contributed by atoms with E-state index in [0.29, 0.717) is 0 Å². The van der Waals surface area contributed by atoms with Crippen molar-refractivity contribution >= 4 is 17.3 Å². The summed E-state index contributed by atoms with van der Waals surface area (Å²) in [6.07, 6.45) is 1.84. The van der Waals surface area contributed by atoms with Gasteiger partial charge < -0.3 is 24.3 Å². The lowest BCUT2D eigenvalue weighted by Crippen LogP contribution is -2.35. The molecule has 1 saturated heterocycles. The van der Waals surface area contributed by atoms with Gasteiger partial charge in [0.1, 0.15) is 0 Å². The van der Waals surface area contributed by atoms with Crippen LogP contribution < -0.4 is 14.8 Å². The number of hydrogen-bond donors (Lipinski definition) is 1. The van der Waals surface area contributed by atoms with Crippen molar-refractivity contribution in [2.24, 2.45) is 0 Å². The molecule has 160 valence electrons. The zero-order valence-electron chi connectivity index (χ0n) is 18.1. The molecule has 0 spiro atoms. The minimum atomic E-state index is -0.0122. The van der Waals surface area contributed by atoms with Gasteiger partial charge in [0.2, 0.25) is 6.79 Å². The minimum Gasteiger partial charge on any atom is -0.454 e. The molecule has 3 aromatic rings. The van der Waals surface area contributed by atoms with E-state index in [9.17, 15) is 0 Å². The van der Waals surface area contributed by atoms with Gasteiger partial charge in [-0.2, -0.15) is 0 Å². The molecule has 0 radical (unpaired) electrons. The number of pyridine rings is 1. The highest BCUT2D eigenvalue weighted by Gasteiger charge is 2.42. The monoisotopic (exact) mass is 434 g/mol. The standard InChI is InChI=1S/C24H26N4O2S/c1-14(2)27-23(22(26-24(27)31)19-7-5-6-10-25-19)18-11-15(3)28(16(18)4)17-8-9-20-21(12-17)30-13-29-20/h5-12,14,22-23H,13H2,1-4H3,(H,26,31)/t22-,23+/m1/s1. The highest BCUT2D eigenvalue weighted by molar-refractivity contribution is 7.80. The molecule has 5 rings (SSSR count). The minimum absolute atomic E-state index is 0.0122. The van der Waals surface area contributed by atoms with Gasteiger partial charge in [0.15, 0.2) is 16.6 Å². The molecule has 0 bridgehead atoms. The fourth-order valence-corrected chi connectivity index (χ4v) is 5.21. The maximum atomic E-state index is 5.75. The van der Waals surface area contributed by atoms with E-state index >= 15 is 0 Å². The quantitative estimate of drug-likeness (QED) is 0.606. The second kappa shape index (κ2) is 7.57. The third-order valence-electron chi connectivity index (χ3n) is 6.09. The van der Waals surface area contributed by atoms with Crippen LogP contribution in [0.3, 0.4) is 0 Å². The van der Waals surface area contributed by atoms with Crippen LogP contribution in [0, 0.1) is 13.8 Å². The first-order chi connectivity index (χ1) is 15.0. The Morgan fingerprint density at radius 2 is 1.90 bits per heavy atom. The van der Waals surface area contributed by atoms with Crippen LogP contribution in [0.4, 0.5) is 0 Å². The molecule has 1 aromatic carbocycles. The van der Waals surface area contributed by atoms with Crippen molar-refractivity contribution in [3.63, 3.8) is 0 Å². The number of benzene rings is 1. The summed E-state index contributed by atoms with van der Waals surface area (Å²) in [5.74, 6) is 1.57. The van der Waals surface area contributed by atoms with Gasteiger partial charge in [-0.1, -0.05) is 6.07 Å². The predicted molar refractivity (Wildman–Crippen MR) is 124 cm³/mol. The van der Waals surface area contributed by atoms with E-state index in [1.807, 2.05) is 30.5 Å². The Balaban J connectivity index is 1.62. The Hall–Kier alpha value is -3.06. The molecule has 0 saturated carbocycles. The van der Waals surface area contributed by atoms with Crippen molar-refractivity contribution in [3.05, 3.63) is 71.3 Å². The number of aromatic nitrogens is 2. The maximum Gasteiger partial charge on any atom is 0.231 e. The average Bonchev–Trinajstić information content (AvgIpc) is 3.43.